The average molecular weight is 218 g/mol. The number of carboxylic acid groups (broad SMARTS) is 1. The molecule has 0 saturated heterocycles. The third kappa shape index (κ3) is 1.11. The van der Waals surface area contributed by atoms with E-state index >= 15 is 0 Å². The van der Waals surface area contributed by atoms with Crippen molar-refractivity contribution in [3.05, 3.63) is 29.3 Å². The van der Waals surface area contributed by atoms with Gasteiger partial charge in [-0.1, -0.05) is 12.1 Å². The Hall–Kier alpha value is -1.51. The standard InChI is InChI=1S/C13H14O3/c14-10-3-1-2-8-4-5-9(12(15)16)13(6-7-13)11(8)10/h1-3,9,14H,4-7H2,(H,15,16). The normalized spacial score (nSPS) is 25.1. The number of fused-ring (bicyclic) bond motifs is 2. The van der Waals surface area contributed by atoms with Crippen LogP contribution in [-0.2, 0) is 16.6 Å². The van der Waals surface area contributed by atoms with Crippen molar-refractivity contribution in [2.45, 2.75) is 31.1 Å². The van der Waals surface area contributed by atoms with E-state index in [2.05, 4.69) is 0 Å². The molecule has 0 heterocycles. The molecule has 2 aliphatic carbocycles. The zero-order valence-corrected chi connectivity index (χ0v) is 8.94. The van der Waals surface area contributed by atoms with Gasteiger partial charge < -0.3 is 10.2 Å². The minimum absolute atomic E-state index is 0.259. The predicted octanol–water partition coefficient (Wildman–Crippen LogP) is 2.07. The Morgan fingerprint density at radius 1 is 1.38 bits per heavy atom. The zero-order chi connectivity index (χ0) is 11.3. The molecule has 1 fully saturated rings. The number of aryl methyl sites for hydroxylation is 1. The molecule has 1 unspecified atom stereocenters. The first kappa shape index (κ1) is 9.70. The highest BCUT2D eigenvalue weighted by Gasteiger charge is 2.57. The number of hydrogen-bond donors (Lipinski definition) is 2. The molecule has 1 aromatic rings. The summed E-state index contributed by atoms with van der Waals surface area (Å²) in [5.41, 5.74) is 1.79. The Kier molecular flexibility index (Phi) is 1.82. The topological polar surface area (TPSA) is 57.5 Å². The maximum atomic E-state index is 11.2. The summed E-state index contributed by atoms with van der Waals surface area (Å²) in [6.07, 6.45) is 3.26. The number of aromatic hydroxyl groups is 1. The maximum absolute atomic E-state index is 11.2. The van der Waals surface area contributed by atoms with Crippen molar-refractivity contribution >= 4 is 5.97 Å². The monoisotopic (exact) mass is 218 g/mol. The van der Waals surface area contributed by atoms with Gasteiger partial charge in [-0.2, -0.15) is 0 Å². The summed E-state index contributed by atoms with van der Waals surface area (Å²) in [5.74, 6) is -0.749. The smallest absolute Gasteiger partial charge is 0.307 e. The quantitative estimate of drug-likeness (QED) is 0.758. The molecule has 16 heavy (non-hydrogen) atoms. The van der Waals surface area contributed by atoms with E-state index in [0.29, 0.717) is 6.42 Å². The minimum Gasteiger partial charge on any atom is -0.508 e. The van der Waals surface area contributed by atoms with Gasteiger partial charge in [-0.3, -0.25) is 4.79 Å². The number of aliphatic carboxylic acids is 1. The van der Waals surface area contributed by atoms with Gasteiger partial charge in [0.1, 0.15) is 5.75 Å². The summed E-state index contributed by atoms with van der Waals surface area (Å²) in [6, 6.07) is 5.52. The van der Waals surface area contributed by atoms with E-state index < -0.39 is 5.97 Å². The fraction of sp³-hybridized carbons (Fsp3) is 0.462. The molecule has 0 aromatic heterocycles. The summed E-state index contributed by atoms with van der Waals surface area (Å²) in [7, 11) is 0. The van der Waals surface area contributed by atoms with E-state index in [0.717, 1.165) is 30.4 Å². The van der Waals surface area contributed by atoms with E-state index in [1.807, 2.05) is 12.1 Å². The molecule has 0 bridgehead atoms. The van der Waals surface area contributed by atoms with Crippen LogP contribution in [0.3, 0.4) is 0 Å². The molecule has 3 rings (SSSR count). The molecule has 0 aliphatic heterocycles. The van der Waals surface area contributed by atoms with Crippen molar-refractivity contribution in [2.75, 3.05) is 0 Å². The average Bonchev–Trinajstić information content (AvgIpc) is 2.99. The molecule has 3 heteroatoms. The molecule has 0 amide bonds. The van der Waals surface area contributed by atoms with Crippen LogP contribution in [0.15, 0.2) is 18.2 Å². The van der Waals surface area contributed by atoms with E-state index in [9.17, 15) is 15.0 Å². The third-order valence-electron chi connectivity index (χ3n) is 4.08. The second-order valence-electron chi connectivity index (χ2n) is 4.90. The molecule has 2 N–H and O–H groups in total. The summed E-state index contributed by atoms with van der Waals surface area (Å²) in [4.78, 5) is 11.2. The van der Waals surface area contributed by atoms with Gasteiger partial charge in [-0.05, 0) is 37.3 Å². The van der Waals surface area contributed by atoms with Crippen molar-refractivity contribution in [1.29, 1.82) is 0 Å². The fourth-order valence-corrected chi connectivity index (χ4v) is 3.21. The second kappa shape index (κ2) is 3.00. The lowest BCUT2D eigenvalue weighted by molar-refractivity contribution is -0.143. The first-order valence-corrected chi connectivity index (χ1v) is 5.69. The molecule has 0 radical (unpaired) electrons. The first-order valence-electron chi connectivity index (χ1n) is 5.69. The number of carbonyl (C=O) groups is 1. The van der Waals surface area contributed by atoms with E-state index in [-0.39, 0.29) is 17.1 Å². The summed E-state index contributed by atoms with van der Waals surface area (Å²) >= 11 is 0. The highest BCUT2D eigenvalue weighted by atomic mass is 16.4. The fourth-order valence-electron chi connectivity index (χ4n) is 3.21. The summed E-state index contributed by atoms with van der Waals surface area (Å²) in [5, 5.41) is 19.2. The number of phenols is 1. The van der Waals surface area contributed by atoms with E-state index in [1.165, 1.54) is 0 Å². The van der Waals surface area contributed by atoms with Crippen LogP contribution in [0.25, 0.3) is 0 Å². The number of hydrogen-bond acceptors (Lipinski definition) is 2. The van der Waals surface area contributed by atoms with Gasteiger partial charge in [0.05, 0.1) is 5.92 Å². The van der Waals surface area contributed by atoms with Crippen LogP contribution in [0.4, 0.5) is 0 Å². The van der Waals surface area contributed by atoms with Crippen LogP contribution < -0.4 is 0 Å². The predicted molar refractivity (Wildman–Crippen MR) is 58.5 cm³/mol. The van der Waals surface area contributed by atoms with Crippen LogP contribution >= 0.6 is 0 Å². The summed E-state index contributed by atoms with van der Waals surface area (Å²) < 4.78 is 0. The molecule has 1 atom stereocenters. The largest absolute Gasteiger partial charge is 0.508 e. The zero-order valence-electron chi connectivity index (χ0n) is 8.94. The Morgan fingerprint density at radius 3 is 2.75 bits per heavy atom. The lowest BCUT2D eigenvalue weighted by Crippen LogP contribution is -2.33. The van der Waals surface area contributed by atoms with Crippen LogP contribution in [-0.4, -0.2) is 16.2 Å². The molecular formula is C13H14O3. The van der Waals surface area contributed by atoms with Crippen molar-refractivity contribution in [2.24, 2.45) is 5.92 Å². The SMILES string of the molecule is O=C(O)C1CCc2cccc(O)c2C12CC2. The molecule has 1 spiro atoms. The second-order valence-corrected chi connectivity index (χ2v) is 4.90. The molecular weight excluding hydrogens is 204 g/mol. The third-order valence-corrected chi connectivity index (χ3v) is 4.08. The van der Waals surface area contributed by atoms with Crippen molar-refractivity contribution in [3.63, 3.8) is 0 Å². The lowest BCUT2D eigenvalue weighted by Gasteiger charge is -2.31. The van der Waals surface area contributed by atoms with Gasteiger partial charge in [0.25, 0.3) is 0 Å². The van der Waals surface area contributed by atoms with Crippen molar-refractivity contribution < 1.29 is 15.0 Å². The molecule has 1 saturated carbocycles. The van der Waals surface area contributed by atoms with Gasteiger partial charge in [-0.25, -0.2) is 0 Å². The molecule has 84 valence electrons. The van der Waals surface area contributed by atoms with Gasteiger partial charge in [0.2, 0.25) is 0 Å². The van der Waals surface area contributed by atoms with Gasteiger partial charge in [0.15, 0.2) is 0 Å². The molecule has 1 aromatic carbocycles. The van der Waals surface area contributed by atoms with Crippen LogP contribution in [0.1, 0.15) is 30.4 Å². The minimum atomic E-state index is -0.716. The first-order chi connectivity index (χ1) is 7.65. The highest BCUT2D eigenvalue weighted by Crippen LogP contribution is 2.60. The Bertz CT molecular complexity index is 460. The maximum Gasteiger partial charge on any atom is 0.307 e. The van der Waals surface area contributed by atoms with Crippen molar-refractivity contribution in [3.8, 4) is 5.75 Å². The number of benzene rings is 1. The van der Waals surface area contributed by atoms with Gasteiger partial charge in [0, 0.05) is 11.0 Å². The van der Waals surface area contributed by atoms with Crippen LogP contribution in [0.5, 0.6) is 5.75 Å². The molecule has 3 nitrogen and oxygen atoms in total. The lowest BCUT2D eigenvalue weighted by atomic mass is 9.72. The van der Waals surface area contributed by atoms with Crippen molar-refractivity contribution in [1.82, 2.24) is 0 Å². The van der Waals surface area contributed by atoms with Gasteiger partial charge >= 0.3 is 5.97 Å². The Labute approximate surface area is 93.7 Å². The van der Waals surface area contributed by atoms with E-state index in [1.54, 1.807) is 6.07 Å². The number of phenolic OH excluding ortho intramolecular Hbond substituents is 1. The highest BCUT2D eigenvalue weighted by molar-refractivity contribution is 5.75. The number of rotatable bonds is 1. The van der Waals surface area contributed by atoms with E-state index in [4.69, 9.17) is 0 Å². The van der Waals surface area contributed by atoms with Gasteiger partial charge in [-0.15, -0.1) is 0 Å². The number of carboxylic acids is 1. The van der Waals surface area contributed by atoms with Crippen LogP contribution in [0, 0.1) is 5.92 Å². The van der Waals surface area contributed by atoms with Crippen LogP contribution in [0.2, 0.25) is 0 Å². The molecule has 2 aliphatic rings. The Morgan fingerprint density at radius 2 is 2.12 bits per heavy atom. The Balaban J connectivity index is 2.15. The summed E-state index contributed by atoms with van der Waals surface area (Å²) in [6.45, 7) is 0.